The lowest BCUT2D eigenvalue weighted by molar-refractivity contribution is 0.0940. The van der Waals surface area contributed by atoms with Crippen molar-refractivity contribution in [3.8, 4) is 5.75 Å². The summed E-state index contributed by atoms with van der Waals surface area (Å²) in [6.07, 6.45) is 0. The van der Waals surface area contributed by atoms with E-state index in [-0.39, 0.29) is 33.1 Å². The average molecular weight is 515 g/mol. The number of hydrogen-bond acceptors (Lipinski definition) is 4. The van der Waals surface area contributed by atoms with Crippen LogP contribution in [0.25, 0.3) is 0 Å². The largest absolute Gasteiger partial charge is 0.496 e. The maximum absolute atomic E-state index is 13.1. The van der Waals surface area contributed by atoms with Crippen LogP contribution in [0.2, 0.25) is 5.02 Å². The van der Waals surface area contributed by atoms with Gasteiger partial charge < -0.3 is 10.1 Å². The minimum Gasteiger partial charge on any atom is -0.496 e. The summed E-state index contributed by atoms with van der Waals surface area (Å²) in [5.41, 5.74) is 4.39. The molecule has 0 saturated heterocycles. The zero-order valence-corrected chi connectivity index (χ0v) is 22.3. The summed E-state index contributed by atoms with van der Waals surface area (Å²) in [5, 5.41) is 3.21. The Morgan fingerprint density at radius 2 is 1.60 bits per heavy atom. The Balaban J connectivity index is 1.84. The molecule has 0 saturated carbocycles. The van der Waals surface area contributed by atoms with Gasteiger partial charge in [-0.05, 0) is 85.8 Å². The minimum absolute atomic E-state index is 0.133. The smallest absolute Gasteiger partial charge is 0.261 e. The summed E-state index contributed by atoms with van der Waals surface area (Å²) < 4.78 is 33.6. The van der Waals surface area contributed by atoms with Gasteiger partial charge in [0.1, 0.15) is 5.75 Å². The van der Waals surface area contributed by atoms with Crippen molar-refractivity contribution in [2.75, 3.05) is 11.8 Å². The van der Waals surface area contributed by atoms with Crippen LogP contribution in [0.1, 0.15) is 65.3 Å². The first kappa shape index (κ1) is 26.6. The predicted octanol–water partition coefficient (Wildman–Crippen LogP) is 6.38. The molecular formula is C27H31ClN2O4S. The second-order valence-corrected chi connectivity index (χ2v) is 11.0. The molecule has 0 aliphatic carbocycles. The van der Waals surface area contributed by atoms with Crippen molar-refractivity contribution in [3.05, 3.63) is 87.4 Å². The maximum atomic E-state index is 13.1. The van der Waals surface area contributed by atoms with Crippen LogP contribution >= 0.6 is 11.6 Å². The number of hydrogen-bond donors (Lipinski definition) is 2. The SMILES string of the molecule is COc1cc(C)c([C@@H](C)NC(=O)c2cc(NS(=O)(=O)c3ccc(C)cc3)ccc2Cl)cc1C(C)C. The fraction of sp³-hybridized carbons (Fsp3) is 0.296. The zero-order chi connectivity index (χ0) is 25.9. The molecule has 1 amide bonds. The molecule has 0 spiro atoms. The van der Waals surface area contributed by atoms with E-state index in [2.05, 4.69) is 30.0 Å². The number of benzene rings is 3. The van der Waals surface area contributed by atoms with Crippen LogP contribution < -0.4 is 14.8 Å². The molecule has 186 valence electrons. The van der Waals surface area contributed by atoms with Gasteiger partial charge in [0.25, 0.3) is 15.9 Å². The number of methoxy groups -OCH3 is 1. The van der Waals surface area contributed by atoms with Crippen molar-refractivity contribution in [2.24, 2.45) is 0 Å². The Kier molecular flexibility index (Phi) is 8.13. The molecule has 0 fully saturated rings. The summed E-state index contributed by atoms with van der Waals surface area (Å²) in [4.78, 5) is 13.3. The average Bonchev–Trinajstić information content (AvgIpc) is 2.79. The van der Waals surface area contributed by atoms with Crippen molar-refractivity contribution in [3.63, 3.8) is 0 Å². The van der Waals surface area contributed by atoms with E-state index in [1.54, 1.807) is 19.2 Å². The number of aryl methyl sites for hydroxylation is 2. The first-order valence-corrected chi connectivity index (χ1v) is 13.2. The quantitative estimate of drug-likeness (QED) is 0.365. The van der Waals surface area contributed by atoms with E-state index >= 15 is 0 Å². The van der Waals surface area contributed by atoms with Crippen LogP contribution in [0, 0.1) is 13.8 Å². The number of amides is 1. The highest BCUT2D eigenvalue weighted by atomic mass is 35.5. The fourth-order valence-corrected chi connectivity index (χ4v) is 5.11. The second kappa shape index (κ2) is 10.7. The number of halogens is 1. The molecule has 6 nitrogen and oxygen atoms in total. The molecule has 0 aromatic heterocycles. The monoisotopic (exact) mass is 514 g/mol. The first-order chi connectivity index (χ1) is 16.4. The molecule has 0 aliphatic rings. The van der Waals surface area contributed by atoms with Crippen molar-refractivity contribution in [2.45, 2.75) is 51.5 Å². The summed E-state index contributed by atoms with van der Waals surface area (Å²) in [5.74, 6) is 0.663. The lowest BCUT2D eigenvalue weighted by atomic mass is 9.93. The van der Waals surface area contributed by atoms with E-state index in [4.69, 9.17) is 16.3 Å². The van der Waals surface area contributed by atoms with Gasteiger partial charge in [-0.3, -0.25) is 9.52 Å². The minimum atomic E-state index is -3.81. The zero-order valence-electron chi connectivity index (χ0n) is 20.8. The van der Waals surface area contributed by atoms with Crippen LogP contribution in [-0.2, 0) is 10.0 Å². The van der Waals surface area contributed by atoms with Gasteiger partial charge in [-0.2, -0.15) is 0 Å². The van der Waals surface area contributed by atoms with Gasteiger partial charge in [0.2, 0.25) is 0 Å². The van der Waals surface area contributed by atoms with Crippen LogP contribution in [0.5, 0.6) is 5.75 Å². The highest BCUT2D eigenvalue weighted by Gasteiger charge is 2.20. The molecule has 0 heterocycles. The summed E-state index contributed by atoms with van der Waals surface area (Å²) in [6, 6.07) is 14.7. The van der Waals surface area contributed by atoms with Gasteiger partial charge in [-0.15, -0.1) is 0 Å². The highest BCUT2D eigenvalue weighted by Crippen LogP contribution is 2.32. The van der Waals surface area contributed by atoms with Crippen molar-refractivity contribution >= 4 is 33.2 Å². The van der Waals surface area contributed by atoms with Gasteiger partial charge in [-0.25, -0.2) is 8.42 Å². The van der Waals surface area contributed by atoms with Crippen LogP contribution in [0.4, 0.5) is 5.69 Å². The molecule has 0 radical (unpaired) electrons. The lowest BCUT2D eigenvalue weighted by Crippen LogP contribution is -2.27. The first-order valence-electron chi connectivity index (χ1n) is 11.3. The highest BCUT2D eigenvalue weighted by molar-refractivity contribution is 7.92. The van der Waals surface area contributed by atoms with Crippen LogP contribution in [0.3, 0.4) is 0 Å². The summed E-state index contributed by atoms with van der Waals surface area (Å²) in [6.45, 7) is 9.92. The molecule has 3 aromatic rings. The van der Waals surface area contributed by atoms with Gasteiger partial charge in [0.05, 0.1) is 28.6 Å². The summed E-state index contributed by atoms with van der Waals surface area (Å²) >= 11 is 6.31. The normalized spacial score (nSPS) is 12.3. The second-order valence-electron chi connectivity index (χ2n) is 8.91. The Hall–Kier alpha value is -3.03. The molecule has 3 aromatic carbocycles. The van der Waals surface area contributed by atoms with E-state index in [0.29, 0.717) is 0 Å². The van der Waals surface area contributed by atoms with Gasteiger partial charge in [0.15, 0.2) is 0 Å². The van der Waals surface area contributed by atoms with Crippen molar-refractivity contribution in [1.82, 2.24) is 5.32 Å². The fourth-order valence-electron chi connectivity index (χ4n) is 3.86. The third-order valence-electron chi connectivity index (χ3n) is 5.85. The number of rotatable bonds is 8. The lowest BCUT2D eigenvalue weighted by Gasteiger charge is -2.21. The number of carbonyl (C=O) groups excluding carboxylic acids is 1. The molecule has 0 bridgehead atoms. The molecule has 1 atom stereocenters. The Labute approximate surface area is 212 Å². The molecule has 0 unspecified atom stereocenters. The number of ether oxygens (including phenoxy) is 1. The molecule has 3 rings (SSSR count). The van der Waals surface area contributed by atoms with E-state index < -0.39 is 15.9 Å². The molecule has 2 N–H and O–H groups in total. The molecular weight excluding hydrogens is 484 g/mol. The van der Waals surface area contributed by atoms with E-state index in [9.17, 15) is 13.2 Å². The number of carbonyl (C=O) groups is 1. The maximum Gasteiger partial charge on any atom is 0.261 e. The molecule has 35 heavy (non-hydrogen) atoms. The number of anilines is 1. The van der Waals surface area contributed by atoms with E-state index in [1.807, 2.05) is 26.8 Å². The van der Waals surface area contributed by atoms with Crippen LogP contribution in [-0.4, -0.2) is 21.4 Å². The summed E-state index contributed by atoms with van der Waals surface area (Å²) in [7, 11) is -2.17. The topological polar surface area (TPSA) is 84.5 Å². The molecule has 0 aliphatic heterocycles. The van der Waals surface area contributed by atoms with Gasteiger partial charge in [0, 0.05) is 5.69 Å². The standard InChI is InChI=1S/C27H31ClN2O4S/c1-16(2)22-15-23(18(4)13-26(22)34-6)19(5)29-27(31)24-14-20(9-12-25(24)28)30-35(32,33)21-10-7-17(3)8-11-21/h7-16,19,30H,1-6H3,(H,29,31)/t19-/m1/s1. The number of nitrogens with one attached hydrogen (secondary N) is 2. The third kappa shape index (κ3) is 6.16. The Morgan fingerprint density at radius 1 is 0.943 bits per heavy atom. The van der Waals surface area contributed by atoms with E-state index in [0.717, 1.165) is 28.0 Å². The van der Waals surface area contributed by atoms with Crippen molar-refractivity contribution in [1.29, 1.82) is 0 Å². The van der Waals surface area contributed by atoms with E-state index in [1.165, 1.54) is 30.3 Å². The van der Waals surface area contributed by atoms with Gasteiger partial charge >= 0.3 is 0 Å². The van der Waals surface area contributed by atoms with Crippen LogP contribution in [0.15, 0.2) is 59.5 Å². The Bertz CT molecular complexity index is 1340. The predicted molar refractivity (Wildman–Crippen MR) is 141 cm³/mol. The third-order valence-corrected chi connectivity index (χ3v) is 7.58. The van der Waals surface area contributed by atoms with Gasteiger partial charge in [-0.1, -0.05) is 43.1 Å². The number of sulfonamides is 1. The molecule has 8 heteroatoms. The Morgan fingerprint density at radius 3 is 2.20 bits per heavy atom. The van der Waals surface area contributed by atoms with Crippen molar-refractivity contribution < 1.29 is 17.9 Å².